The molecule has 8 heteroatoms. The van der Waals surface area contributed by atoms with Crippen LogP contribution in [0.1, 0.15) is 31.1 Å². The first-order chi connectivity index (χ1) is 13.5. The summed E-state index contributed by atoms with van der Waals surface area (Å²) in [5.74, 6) is 0.606. The van der Waals surface area contributed by atoms with E-state index < -0.39 is 0 Å². The van der Waals surface area contributed by atoms with Gasteiger partial charge in [0.1, 0.15) is 0 Å². The zero-order valence-corrected chi connectivity index (χ0v) is 16.7. The number of anilines is 1. The summed E-state index contributed by atoms with van der Waals surface area (Å²) in [7, 11) is 0. The topological polar surface area (TPSA) is 89.8 Å². The number of benzene rings is 1. The van der Waals surface area contributed by atoms with Crippen LogP contribution in [-0.4, -0.2) is 36.7 Å². The van der Waals surface area contributed by atoms with Crippen molar-refractivity contribution in [3.8, 4) is 11.4 Å². The molecule has 0 aliphatic heterocycles. The first kappa shape index (κ1) is 19.8. The molecule has 0 radical (unpaired) electrons. The minimum atomic E-state index is -0.327. The number of pyridine rings is 1. The summed E-state index contributed by atoms with van der Waals surface area (Å²) in [6, 6.07) is 10.7. The Morgan fingerprint density at radius 2 is 1.79 bits per heavy atom. The molecule has 7 nitrogen and oxygen atoms in total. The van der Waals surface area contributed by atoms with Crippen LogP contribution in [0.15, 0.2) is 53.9 Å². The summed E-state index contributed by atoms with van der Waals surface area (Å²) in [4.78, 5) is 27.9. The maximum absolute atomic E-state index is 12.8. The normalized spacial score (nSPS) is 11.8. The van der Waals surface area contributed by atoms with Crippen molar-refractivity contribution in [1.29, 1.82) is 0 Å². The van der Waals surface area contributed by atoms with Crippen molar-refractivity contribution in [2.45, 2.75) is 37.7 Å². The fourth-order valence-corrected chi connectivity index (χ4v) is 3.73. The molecule has 0 aliphatic rings. The van der Waals surface area contributed by atoms with Crippen LogP contribution in [-0.2, 0) is 11.3 Å². The van der Waals surface area contributed by atoms with Gasteiger partial charge in [-0.3, -0.25) is 14.6 Å². The fraction of sp³-hybridized carbons (Fsp3) is 0.250. The van der Waals surface area contributed by atoms with Crippen LogP contribution in [0.4, 0.5) is 5.69 Å². The van der Waals surface area contributed by atoms with Gasteiger partial charge in [0.15, 0.2) is 16.8 Å². The van der Waals surface area contributed by atoms with Crippen LogP contribution < -0.4 is 5.32 Å². The molecular formula is C20H21N5O2S. The number of Topliss-reactive ketones (excluding diaryl/α,β-unsaturated/α-hetero) is 1. The Morgan fingerprint density at radius 1 is 1.11 bits per heavy atom. The molecule has 0 saturated heterocycles. The van der Waals surface area contributed by atoms with E-state index in [0.29, 0.717) is 23.0 Å². The monoisotopic (exact) mass is 395 g/mol. The predicted octanol–water partition coefficient (Wildman–Crippen LogP) is 3.68. The Balaban J connectivity index is 1.75. The molecule has 1 aromatic carbocycles. The number of aromatic nitrogens is 4. The lowest BCUT2D eigenvalue weighted by Crippen LogP contribution is -2.15. The highest BCUT2D eigenvalue weighted by Crippen LogP contribution is 2.28. The highest BCUT2D eigenvalue weighted by Gasteiger charge is 2.21. The zero-order valence-electron chi connectivity index (χ0n) is 15.9. The molecule has 144 valence electrons. The molecule has 1 N–H and O–H groups in total. The summed E-state index contributed by atoms with van der Waals surface area (Å²) in [5, 5.41) is 11.6. The van der Waals surface area contributed by atoms with Gasteiger partial charge in [-0.05, 0) is 50.2 Å². The van der Waals surface area contributed by atoms with Gasteiger partial charge in [-0.2, -0.15) is 0 Å². The number of rotatable bonds is 7. The molecule has 0 saturated carbocycles. The zero-order chi connectivity index (χ0) is 20.1. The minimum absolute atomic E-state index is 0.00418. The van der Waals surface area contributed by atoms with Gasteiger partial charge in [-0.25, -0.2) is 0 Å². The van der Waals surface area contributed by atoms with E-state index in [4.69, 9.17) is 0 Å². The second-order valence-electron chi connectivity index (χ2n) is 6.17. The Labute approximate surface area is 167 Å². The maximum atomic E-state index is 12.8. The molecule has 2 heterocycles. The van der Waals surface area contributed by atoms with Gasteiger partial charge in [0, 0.05) is 42.7 Å². The van der Waals surface area contributed by atoms with Gasteiger partial charge < -0.3 is 9.88 Å². The van der Waals surface area contributed by atoms with Crippen molar-refractivity contribution in [3.63, 3.8) is 0 Å². The molecule has 0 fully saturated rings. The number of ketones is 1. The molecular weight excluding hydrogens is 374 g/mol. The fourth-order valence-electron chi connectivity index (χ4n) is 2.74. The van der Waals surface area contributed by atoms with Crippen molar-refractivity contribution >= 4 is 29.1 Å². The number of nitrogens with one attached hydrogen (secondary N) is 1. The maximum Gasteiger partial charge on any atom is 0.221 e. The minimum Gasteiger partial charge on any atom is -0.326 e. The Hall–Kier alpha value is -3.00. The van der Waals surface area contributed by atoms with Gasteiger partial charge >= 0.3 is 0 Å². The second-order valence-corrected chi connectivity index (χ2v) is 7.48. The summed E-state index contributed by atoms with van der Waals surface area (Å²) in [5.41, 5.74) is 2.19. The van der Waals surface area contributed by atoms with Crippen molar-refractivity contribution in [3.05, 3.63) is 54.4 Å². The average Bonchev–Trinajstić information content (AvgIpc) is 3.10. The molecule has 0 bridgehead atoms. The first-order valence-corrected chi connectivity index (χ1v) is 9.79. The summed E-state index contributed by atoms with van der Waals surface area (Å²) in [6.45, 7) is 6.02. The van der Waals surface area contributed by atoms with E-state index in [0.717, 1.165) is 11.4 Å². The lowest BCUT2D eigenvalue weighted by Gasteiger charge is -2.12. The van der Waals surface area contributed by atoms with Crippen molar-refractivity contribution in [2.75, 3.05) is 5.32 Å². The Morgan fingerprint density at radius 3 is 2.39 bits per heavy atom. The molecule has 3 rings (SSSR count). The average molecular weight is 395 g/mol. The smallest absolute Gasteiger partial charge is 0.221 e. The molecule has 0 unspecified atom stereocenters. The highest BCUT2D eigenvalue weighted by molar-refractivity contribution is 8.00. The van der Waals surface area contributed by atoms with E-state index in [2.05, 4.69) is 20.5 Å². The number of carbonyl (C=O) groups excluding carboxylic acids is 2. The van der Waals surface area contributed by atoms with Gasteiger partial charge in [0.05, 0.1) is 5.25 Å². The van der Waals surface area contributed by atoms with Gasteiger partial charge in [-0.1, -0.05) is 11.8 Å². The SMILES string of the molecule is CCn1c(S[C@@H](C)C(=O)c2ccc(NC(C)=O)cc2)nnc1-c1ccncc1. The van der Waals surface area contributed by atoms with Crippen LogP contribution in [0.3, 0.4) is 0 Å². The number of thioether (sulfide) groups is 1. The van der Waals surface area contributed by atoms with Crippen LogP contribution in [0.25, 0.3) is 11.4 Å². The number of nitrogens with zero attached hydrogens (tertiary/aromatic N) is 4. The molecule has 3 aromatic rings. The third-order valence-corrected chi connectivity index (χ3v) is 5.19. The van der Waals surface area contributed by atoms with E-state index in [-0.39, 0.29) is 16.9 Å². The Bertz CT molecular complexity index is 970. The standard InChI is InChI=1S/C20H21N5O2S/c1-4-25-19(16-9-11-21-12-10-16)23-24-20(25)28-13(2)18(27)15-5-7-17(8-6-15)22-14(3)26/h5-13H,4H2,1-3H3,(H,22,26)/t13-/m0/s1. The van der Waals surface area contributed by atoms with E-state index in [9.17, 15) is 9.59 Å². The summed E-state index contributed by atoms with van der Waals surface area (Å²) < 4.78 is 1.99. The largest absolute Gasteiger partial charge is 0.326 e. The third kappa shape index (κ3) is 4.45. The van der Waals surface area contributed by atoms with Gasteiger partial charge in [-0.15, -0.1) is 10.2 Å². The second kappa shape index (κ2) is 8.79. The number of hydrogen-bond donors (Lipinski definition) is 1. The number of amides is 1. The van der Waals surface area contributed by atoms with Crippen LogP contribution in [0.2, 0.25) is 0 Å². The van der Waals surface area contributed by atoms with Gasteiger partial charge in [0.25, 0.3) is 0 Å². The van der Waals surface area contributed by atoms with Crippen LogP contribution in [0, 0.1) is 0 Å². The Kier molecular flexibility index (Phi) is 6.20. The molecule has 1 atom stereocenters. The highest BCUT2D eigenvalue weighted by atomic mass is 32.2. The molecule has 1 amide bonds. The summed E-state index contributed by atoms with van der Waals surface area (Å²) >= 11 is 1.38. The lowest BCUT2D eigenvalue weighted by molar-refractivity contribution is -0.114. The van der Waals surface area contributed by atoms with E-state index >= 15 is 0 Å². The predicted molar refractivity (Wildman–Crippen MR) is 109 cm³/mol. The van der Waals surface area contributed by atoms with Crippen LogP contribution in [0.5, 0.6) is 0 Å². The first-order valence-electron chi connectivity index (χ1n) is 8.91. The summed E-state index contributed by atoms with van der Waals surface area (Å²) in [6.07, 6.45) is 3.43. The number of carbonyl (C=O) groups is 2. The van der Waals surface area contributed by atoms with Crippen molar-refractivity contribution in [1.82, 2.24) is 19.7 Å². The lowest BCUT2D eigenvalue weighted by atomic mass is 10.1. The molecule has 0 aliphatic carbocycles. The number of hydrogen-bond acceptors (Lipinski definition) is 6. The van der Waals surface area contributed by atoms with E-state index in [1.165, 1.54) is 18.7 Å². The van der Waals surface area contributed by atoms with Crippen LogP contribution >= 0.6 is 11.8 Å². The van der Waals surface area contributed by atoms with E-state index in [1.807, 2.05) is 30.5 Å². The van der Waals surface area contributed by atoms with Gasteiger partial charge in [0.2, 0.25) is 5.91 Å². The molecule has 2 aromatic heterocycles. The van der Waals surface area contributed by atoms with Crippen molar-refractivity contribution in [2.24, 2.45) is 0 Å². The quantitative estimate of drug-likeness (QED) is 0.485. The van der Waals surface area contributed by atoms with Crippen molar-refractivity contribution < 1.29 is 9.59 Å². The molecule has 0 spiro atoms. The molecule has 28 heavy (non-hydrogen) atoms. The third-order valence-electron chi connectivity index (χ3n) is 4.11. The van der Waals surface area contributed by atoms with E-state index in [1.54, 1.807) is 36.7 Å².